The number of carbonyl (C=O) groups excluding carboxylic acids is 2. The van der Waals surface area contributed by atoms with Gasteiger partial charge in [-0.1, -0.05) is 62.4 Å². The number of benzene rings is 2. The molecule has 0 saturated heterocycles. The van der Waals surface area contributed by atoms with Gasteiger partial charge in [0, 0.05) is 36.7 Å². The van der Waals surface area contributed by atoms with Crippen LogP contribution in [0.4, 0.5) is 5.69 Å². The first-order chi connectivity index (χ1) is 12.1. The van der Waals surface area contributed by atoms with E-state index in [2.05, 4.69) is 24.5 Å². The monoisotopic (exact) mass is 338 g/mol. The lowest BCUT2D eigenvalue weighted by Crippen LogP contribution is -2.39. The maximum Gasteiger partial charge on any atom is 0.220 e. The van der Waals surface area contributed by atoms with E-state index in [1.807, 2.05) is 48.5 Å². The zero-order valence-electron chi connectivity index (χ0n) is 14.9. The normalized spacial score (nSPS) is 11.8. The second kappa shape index (κ2) is 9.62. The Labute approximate surface area is 149 Å². The molecule has 0 saturated carbocycles. The van der Waals surface area contributed by atoms with E-state index in [4.69, 9.17) is 0 Å². The number of nitrogens with one attached hydrogen (secondary N) is 2. The van der Waals surface area contributed by atoms with Crippen molar-refractivity contribution in [3.05, 3.63) is 66.2 Å². The Hall–Kier alpha value is -2.62. The summed E-state index contributed by atoms with van der Waals surface area (Å²) < 4.78 is 0. The Morgan fingerprint density at radius 1 is 0.880 bits per heavy atom. The van der Waals surface area contributed by atoms with E-state index < -0.39 is 0 Å². The summed E-state index contributed by atoms with van der Waals surface area (Å²) in [4.78, 5) is 24.1. The highest BCUT2D eigenvalue weighted by Gasteiger charge is 2.15. The number of anilines is 1. The molecule has 0 radical (unpaired) electrons. The molecule has 0 aliphatic rings. The molecule has 0 aliphatic heterocycles. The van der Waals surface area contributed by atoms with Crippen LogP contribution >= 0.6 is 0 Å². The molecule has 1 atom stereocenters. The van der Waals surface area contributed by atoms with Crippen LogP contribution in [0.3, 0.4) is 0 Å². The van der Waals surface area contributed by atoms with Crippen LogP contribution in [0.5, 0.6) is 0 Å². The minimum Gasteiger partial charge on any atom is -0.380 e. The van der Waals surface area contributed by atoms with Crippen molar-refractivity contribution in [1.82, 2.24) is 5.32 Å². The first-order valence-corrected chi connectivity index (χ1v) is 8.73. The molecular formula is C21H26N2O2. The number of ketones is 1. The van der Waals surface area contributed by atoms with Crippen molar-refractivity contribution in [2.45, 2.75) is 32.7 Å². The van der Waals surface area contributed by atoms with Gasteiger partial charge in [0.25, 0.3) is 0 Å². The molecule has 2 aromatic carbocycles. The zero-order valence-corrected chi connectivity index (χ0v) is 14.9. The SMILES string of the molecule is CC(C)C(CNC(=O)CCC(=O)c1ccccc1)Nc1ccccc1. The predicted molar refractivity (Wildman–Crippen MR) is 102 cm³/mol. The van der Waals surface area contributed by atoms with E-state index in [9.17, 15) is 9.59 Å². The highest BCUT2D eigenvalue weighted by atomic mass is 16.2. The Morgan fingerprint density at radius 2 is 1.48 bits per heavy atom. The number of hydrogen-bond donors (Lipinski definition) is 2. The van der Waals surface area contributed by atoms with Gasteiger partial charge in [0.2, 0.25) is 5.91 Å². The van der Waals surface area contributed by atoms with Crippen LogP contribution in [0, 0.1) is 5.92 Å². The van der Waals surface area contributed by atoms with Crippen molar-refractivity contribution in [2.24, 2.45) is 5.92 Å². The maximum absolute atomic E-state index is 12.1. The second-order valence-electron chi connectivity index (χ2n) is 6.45. The molecular weight excluding hydrogens is 312 g/mol. The summed E-state index contributed by atoms with van der Waals surface area (Å²) in [6.45, 7) is 4.77. The fourth-order valence-corrected chi connectivity index (χ4v) is 2.51. The van der Waals surface area contributed by atoms with E-state index in [1.165, 1.54) is 0 Å². The van der Waals surface area contributed by atoms with Crippen LogP contribution < -0.4 is 10.6 Å². The van der Waals surface area contributed by atoms with Crippen LogP contribution in [-0.4, -0.2) is 24.3 Å². The predicted octanol–water partition coefficient (Wildman–Crippen LogP) is 3.90. The van der Waals surface area contributed by atoms with E-state index in [1.54, 1.807) is 12.1 Å². The van der Waals surface area contributed by atoms with Crippen molar-refractivity contribution < 1.29 is 9.59 Å². The molecule has 0 spiro atoms. The lowest BCUT2D eigenvalue weighted by atomic mass is 10.0. The summed E-state index contributed by atoms with van der Waals surface area (Å²) in [6, 6.07) is 19.2. The van der Waals surface area contributed by atoms with E-state index >= 15 is 0 Å². The average Bonchev–Trinajstić information content (AvgIpc) is 2.64. The smallest absolute Gasteiger partial charge is 0.220 e. The lowest BCUT2D eigenvalue weighted by molar-refractivity contribution is -0.121. The summed E-state index contributed by atoms with van der Waals surface area (Å²) >= 11 is 0. The van der Waals surface area contributed by atoms with Gasteiger partial charge in [0.15, 0.2) is 5.78 Å². The van der Waals surface area contributed by atoms with Gasteiger partial charge < -0.3 is 10.6 Å². The summed E-state index contributed by atoms with van der Waals surface area (Å²) in [7, 11) is 0. The number of carbonyl (C=O) groups is 2. The summed E-state index contributed by atoms with van der Waals surface area (Å²) in [6.07, 6.45) is 0.443. The van der Waals surface area contributed by atoms with Crippen LogP contribution in [0.2, 0.25) is 0 Å². The fraction of sp³-hybridized carbons (Fsp3) is 0.333. The van der Waals surface area contributed by atoms with E-state index in [0.717, 1.165) is 5.69 Å². The molecule has 0 heterocycles. The maximum atomic E-state index is 12.1. The van der Waals surface area contributed by atoms with Crippen molar-refractivity contribution >= 4 is 17.4 Å². The van der Waals surface area contributed by atoms with Crippen LogP contribution in [-0.2, 0) is 4.79 Å². The Balaban J connectivity index is 1.78. The molecule has 0 bridgehead atoms. The van der Waals surface area contributed by atoms with Crippen molar-refractivity contribution in [1.29, 1.82) is 0 Å². The largest absolute Gasteiger partial charge is 0.380 e. The van der Waals surface area contributed by atoms with E-state index in [-0.39, 0.29) is 30.6 Å². The van der Waals surface area contributed by atoms with E-state index in [0.29, 0.717) is 18.0 Å². The second-order valence-corrected chi connectivity index (χ2v) is 6.45. The fourth-order valence-electron chi connectivity index (χ4n) is 2.51. The van der Waals surface area contributed by atoms with Crippen LogP contribution in [0.1, 0.15) is 37.0 Å². The average molecular weight is 338 g/mol. The minimum absolute atomic E-state index is 0.00132. The highest BCUT2D eigenvalue weighted by molar-refractivity contribution is 5.97. The van der Waals surface area contributed by atoms with Gasteiger partial charge in [-0.2, -0.15) is 0 Å². The summed E-state index contributed by atoms with van der Waals surface area (Å²) in [5.41, 5.74) is 1.69. The molecule has 2 aromatic rings. The molecule has 0 fully saturated rings. The van der Waals surface area contributed by atoms with Gasteiger partial charge in [-0.05, 0) is 18.1 Å². The first-order valence-electron chi connectivity index (χ1n) is 8.73. The molecule has 132 valence electrons. The van der Waals surface area contributed by atoms with Crippen molar-refractivity contribution in [3.8, 4) is 0 Å². The Kier molecular flexibility index (Phi) is 7.20. The number of Topliss-reactive ketones (excluding diaryl/α,β-unsaturated/α-hetero) is 1. The van der Waals surface area contributed by atoms with Crippen molar-refractivity contribution in [2.75, 3.05) is 11.9 Å². The molecule has 4 nitrogen and oxygen atoms in total. The van der Waals surface area contributed by atoms with Gasteiger partial charge in [0.1, 0.15) is 0 Å². The molecule has 0 aromatic heterocycles. The third kappa shape index (κ3) is 6.42. The lowest BCUT2D eigenvalue weighted by Gasteiger charge is -2.24. The Bertz CT molecular complexity index is 669. The zero-order chi connectivity index (χ0) is 18.1. The van der Waals surface area contributed by atoms with Gasteiger partial charge in [-0.3, -0.25) is 9.59 Å². The molecule has 2 rings (SSSR count). The van der Waals surface area contributed by atoms with Gasteiger partial charge >= 0.3 is 0 Å². The summed E-state index contributed by atoms with van der Waals surface area (Å²) in [5, 5.41) is 6.38. The van der Waals surface area contributed by atoms with Crippen LogP contribution in [0.15, 0.2) is 60.7 Å². The third-order valence-electron chi connectivity index (χ3n) is 4.12. The quantitative estimate of drug-likeness (QED) is 0.682. The molecule has 2 N–H and O–H groups in total. The van der Waals surface area contributed by atoms with Gasteiger partial charge in [0.05, 0.1) is 0 Å². The topological polar surface area (TPSA) is 58.2 Å². The molecule has 25 heavy (non-hydrogen) atoms. The standard InChI is InChI=1S/C21H26N2O2/c1-16(2)19(23-18-11-7-4-8-12-18)15-22-21(25)14-13-20(24)17-9-5-3-6-10-17/h3-12,16,19,23H,13-15H2,1-2H3,(H,22,25). The third-order valence-corrected chi connectivity index (χ3v) is 4.12. The number of amides is 1. The minimum atomic E-state index is -0.0928. The molecule has 4 heteroatoms. The van der Waals surface area contributed by atoms with Gasteiger partial charge in [-0.25, -0.2) is 0 Å². The Morgan fingerprint density at radius 3 is 2.08 bits per heavy atom. The molecule has 1 unspecified atom stereocenters. The van der Waals surface area contributed by atoms with Gasteiger partial charge in [-0.15, -0.1) is 0 Å². The van der Waals surface area contributed by atoms with Crippen molar-refractivity contribution in [3.63, 3.8) is 0 Å². The molecule has 1 amide bonds. The number of para-hydroxylation sites is 1. The first kappa shape index (κ1) is 18.7. The number of rotatable bonds is 9. The number of hydrogen-bond acceptors (Lipinski definition) is 3. The van der Waals surface area contributed by atoms with Crippen LogP contribution in [0.25, 0.3) is 0 Å². The summed E-state index contributed by atoms with van der Waals surface area (Å²) in [5.74, 6) is 0.273. The molecule has 0 aliphatic carbocycles. The highest BCUT2D eigenvalue weighted by Crippen LogP contribution is 2.12.